The number of aryl methyl sites for hydroxylation is 1. The molecule has 0 saturated heterocycles. The van der Waals surface area contributed by atoms with E-state index in [0.717, 1.165) is 0 Å². The predicted octanol–water partition coefficient (Wildman–Crippen LogP) is 2.96. The standard InChI is InChI=1S/C11H9Cl2FN2O2S/c1-7-15-10(19(13,17)18)6-16(7)5-8-3-2-4-9(12)11(8)14/h2-4,6H,5H2,1H3. The van der Waals surface area contributed by atoms with Gasteiger partial charge in [0.25, 0.3) is 9.05 Å². The molecule has 8 heteroatoms. The van der Waals surface area contributed by atoms with E-state index in [1.165, 1.54) is 16.8 Å². The minimum absolute atomic E-state index is 0.0143. The molecule has 0 radical (unpaired) electrons. The molecule has 0 bridgehead atoms. The van der Waals surface area contributed by atoms with E-state index >= 15 is 0 Å². The number of hydrogen-bond donors (Lipinski definition) is 0. The minimum Gasteiger partial charge on any atom is -0.329 e. The summed E-state index contributed by atoms with van der Waals surface area (Å²) in [5.41, 5.74) is 0.339. The third-order valence-electron chi connectivity index (χ3n) is 2.58. The Bertz CT molecular complexity index is 728. The monoisotopic (exact) mass is 322 g/mol. The normalized spacial score (nSPS) is 11.8. The quantitative estimate of drug-likeness (QED) is 0.816. The van der Waals surface area contributed by atoms with Gasteiger partial charge < -0.3 is 4.57 Å². The van der Waals surface area contributed by atoms with Gasteiger partial charge in [-0.25, -0.2) is 17.8 Å². The summed E-state index contributed by atoms with van der Waals surface area (Å²) in [4.78, 5) is 3.82. The molecular formula is C11H9Cl2FN2O2S. The maximum Gasteiger partial charge on any atom is 0.280 e. The maximum atomic E-state index is 13.7. The fourth-order valence-corrected chi connectivity index (χ4v) is 2.52. The number of imidazole rings is 1. The molecule has 0 N–H and O–H groups in total. The second-order valence-electron chi connectivity index (χ2n) is 3.91. The number of benzene rings is 1. The molecule has 0 saturated carbocycles. The van der Waals surface area contributed by atoms with Crippen LogP contribution in [0.3, 0.4) is 0 Å². The Kier molecular flexibility index (Phi) is 3.85. The third kappa shape index (κ3) is 3.08. The highest BCUT2D eigenvalue weighted by Crippen LogP contribution is 2.20. The molecular weight excluding hydrogens is 314 g/mol. The van der Waals surface area contributed by atoms with Crippen molar-refractivity contribution in [2.45, 2.75) is 18.5 Å². The summed E-state index contributed by atoms with van der Waals surface area (Å²) in [5.74, 6) is -0.119. The first-order chi connectivity index (χ1) is 8.79. The first kappa shape index (κ1) is 14.3. The van der Waals surface area contributed by atoms with Gasteiger partial charge in [-0.05, 0) is 13.0 Å². The molecule has 0 fully saturated rings. The van der Waals surface area contributed by atoms with Crippen molar-refractivity contribution in [3.8, 4) is 0 Å². The summed E-state index contributed by atoms with van der Waals surface area (Å²) >= 11 is 5.68. The van der Waals surface area contributed by atoms with E-state index < -0.39 is 14.9 Å². The molecule has 0 aliphatic carbocycles. The van der Waals surface area contributed by atoms with E-state index in [1.54, 1.807) is 19.1 Å². The van der Waals surface area contributed by atoms with Gasteiger partial charge in [-0.1, -0.05) is 23.7 Å². The van der Waals surface area contributed by atoms with Crippen molar-refractivity contribution in [2.75, 3.05) is 0 Å². The largest absolute Gasteiger partial charge is 0.329 e. The van der Waals surface area contributed by atoms with Crippen molar-refractivity contribution in [1.29, 1.82) is 0 Å². The molecule has 0 aliphatic rings. The Morgan fingerprint density at radius 2 is 2.11 bits per heavy atom. The van der Waals surface area contributed by atoms with Crippen LogP contribution >= 0.6 is 22.3 Å². The van der Waals surface area contributed by atoms with Gasteiger partial charge in [0, 0.05) is 22.4 Å². The van der Waals surface area contributed by atoms with Crippen molar-refractivity contribution in [3.05, 3.63) is 46.6 Å². The summed E-state index contributed by atoms with van der Waals surface area (Å²) in [5, 5.41) is -0.241. The zero-order valence-electron chi connectivity index (χ0n) is 9.77. The summed E-state index contributed by atoms with van der Waals surface area (Å²) in [6, 6.07) is 4.62. The van der Waals surface area contributed by atoms with Crippen molar-refractivity contribution >= 4 is 31.3 Å². The van der Waals surface area contributed by atoms with Gasteiger partial charge in [0.05, 0.1) is 11.6 Å². The number of nitrogens with zero attached hydrogens (tertiary/aromatic N) is 2. The van der Waals surface area contributed by atoms with Crippen LogP contribution in [0.15, 0.2) is 29.4 Å². The van der Waals surface area contributed by atoms with Gasteiger partial charge in [-0.15, -0.1) is 0 Å². The Morgan fingerprint density at radius 3 is 2.68 bits per heavy atom. The van der Waals surface area contributed by atoms with Gasteiger partial charge in [0.15, 0.2) is 5.03 Å². The lowest BCUT2D eigenvalue weighted by molar-refractivity contribution is 0.597. The Balaban J connectivity index is 2.39. The highest BCUT2D eigenvalue weighted by atomic mass is 35.7. The second-order valence-corrected chi connectivity index (χ2v) is 6.83. The van der Waals surface area contributed by atoms with Gasteiger partial charge in [-0.3, -0.25) is 0 Å². The summed E-state index contributed by atoms with van der Waals surface area (Å²) in [7, 11) is 1.31. The molecule has 102 valence electrons. The van der Waals surface area contributed by atoms with Crippen LogP contribution in [0.25, 0.3) is 0 Å². The van der Waals surface area contributed by atoms with Gasteiger partial charge >= 0.3 is 0 Å². The van der Waals surface area contributed by atoms with E-state index in [0.29, 0.717) is 11.4 Å². The van der Waals surface area contributed by atoms with Gasteiger partial charge in [0.2, 0.25) is 0 Å². The zero-order valence-corrected chi connectivity index (χ0v) is 12.1. The van der Waals surface area contributed by atoms with Crippen LogP contribution in [-0.4, -0.2) is 18.0 Å². The van der Waals surface area contributed by atoms with E-state index in [9.17, 15) is 12.8 Å². The average Bonchev–Trinajstić information content (AvgIpc) is 2.67. The molecule has 0 atom stereocenters. The number of hydrogen-bond acceptors (Lipinski definition) is 3. The summed E-state index contributed by atoms with van der Waals surface area (Å²) < 4.78 is 37.6. The first-order valence-corrected chi connectivity index (χ1v) is 7.89. The molecule has 4 nitrogen and oxygen atoms in total. The smallest absolute Gasteiger partial charge is 0.280 e. The molecule has 2 aromatic rings. The maximum absolute atomic E-state index is 13.7. The first-order valence-electron chi connectivity index (χ1n) is 5.20. The van der Waals surface area contributed by atoms with Crippen molar-refractivity contribution in [3.63, 3.8) is 0 Å². The molecule has 1 heterocycles. The number of rotatable bonds is 3. The van der Waals surface area contributed by atoms with Crippen LogP contribution in [-0.2, 0) is 15.6 Å². The SMILES string of the molecule is Cc1nc(S(=O)(=O)Cl)cn1Cc1cccc(Cl)c1F. The third-order valence-corrected chi connectivity index (χ3v) is 4.04. The molecule has 0 amide bonds. The highest BCUT2D eigenvalue weighted by Gasteiger charge is 2.17. The minimum atomic E-state index is -3.89. The van der Waals surface area contributed by atoms with Crippen LogP contribution < -0.4 is 0 Å². The summed E-state index contributed by atoms with van der Waals surface area (Å²) in [6.45, 7) is 1.73. The Labute approximate surface area is 119 Å². The van der Waals surface area contributed by atoms with E-state index in [1.807, 2.05) is 0 Å². The van der Waals surface area contributed by atoms with Crippen LogP contribution in [0, 0.1) is 12.7 Å². The van der Waals surface area contributed by atoms with Gasteiger partial charge in [-0.2, -0.15) is 0 Å². The van der Waals surface area contributed by atoms with Crippen molar-refractivity contribution < 1.29 is 12.8 Å². The van der Waals surface area contributed by atoms with Crippen LogP contribution in [0.2, 0.25) is 5.02 Å². The molecule has 1 aromatic heterocycles. The lowest BCUT2D eigenvalue weighted by atomic mass is 10.2. The fraction of sp³-hybridized carbons (Fsp3) is 0.182. The topological polar surface area (TPSA) is 52.0 Å². The summed E-state index contributed by atoms with van der Waals surface area (Å²) in [6.07, 6.45) is 1.26. The van der Waals surface area contributed by atoms with Crippen LogP contribution in [0.1, 0.15) is 11.4 Å². The van der Waals surface area contributed by atoms with Crippen molar-refractivity contribution in [1.82, 2.24) is 9.55 Å². The Morgan fingerprint density at radius 1 is 1.42 bits per heavy atom. The Hall–Kier alpha value is -1.11. The molecule has 0 spiro atoms. The highest BCUT2D eigenvalue weighted by molar-refractivity contribution is 8.13. The van der Waals surface area contributed by atoms with Crippen LogP contribution in [0.4, 0.5) is 4.39 Å². The van der Waals surface area contributed by atoms with E-state index in [-0.39, 0.29) is 16.6 Å². The molecule has 1 aromatic carbocycles. The lowest BCUT2D eigenvalue weighted by Gasteiger charge is -2.06. The van der Waals surface area contributed by atoms with Crippen molar-refractivity contribution in [2.24, 2.45) is 0 Å². The molecule has 0 aliphatic heterocycles. The lowest BCUT2D eigenvalue weighted by Crippen LogP contribution is -2.03. The molecule has 19 heavy (non-hydrogen) atoms. The predicted molar refractivity (Wildman–Crippen MR) is 70.5 cm³/mol. The van der Waals surface area contributed by atoms with E-state index in [2.05, 4.69) is 4.98 Å². The second kappa shape index (κ2) is 5.11. The van der Waals surface area contributed by atoms with Gasteiger partial charge in [0.1, 0.15) is 11.6 Å². The number of halogens is 3. The molecule has 0 unspecified atom stereocenters. The average molecular weight is 323 g/mol. The molecule has 2 rings (SSSR count). The number of aromatic nitrogens is 2. The van der Waals surface area contributed by atoms with E-state index in [4.69, 9.17) is 22.3 Å². The van der Waals surface area contributed by atoms with Crippen LogP contribution in [0.5, 0.6) is 0 Å². The fourth-order valence-electron chi connectivity index (χ4n) is 1.61. The zero-order chi connectivity index (χ0) is 14.2.